The molecular weight excluding hydrogens is 470 g/mol. The predicted molar refractivity (Wildman–Crippen MR) is 166 cm³/mol. The van der Waals surface area contributed by atoms with Gasteiger partial charge in [0.2, 0.25) is 0 Å². The van der Waals surface area contributed by atoms with Crippen LogP contribution in [0.15, 0.2) is 77.6 Å². The van der Waals surface area contributed by atoms with Crippen molar-refractivity contribution in [3.63, 3.8) is 0 Å². The van der Waals surface area contributed by atoms with Crippen LogP contribution in [0.2, 0.25) is 0 Å². The van der Waals surface area contributed by atoms with E-state index in [4.69, 9.17) is 4.99 Å². The van der Waals surface area contributed by atoms with Crippen molar-refractivity contribution in [1.82, 2.24) is 10.6 Å². The van der Waals surface area contributed by atoms with Gasteiger partial charge in [-0.15, -0.1) is 11.8 Å². The van der Waals surface area contributed by atoms with Crippen molar-refractivity contribution in [2.45, 2.75) is 90.5 Å². The maximum Gasteiger partial charge on any atom is 0.0707 e. The standard InChI is InChI=1S/C33H49N3S/c1-25-15-13-14-20-33(25)36-28(4)37-24-29-21-31(30-18-11-8-12-19-30)23-32(22-29)35-27(3)17-10-7-6-9-16-26(2)34-5/h11,13-15,18-20,29,31-32,34-35H,2-3,6-10,12,16-17,21-24H2,1,4-5H3. The molecule has 0 aromatic heterocycles. The average Bonchev–Trinajstić information content (AvgIpc) is 2.91. The molecule has 1 aromatic rings. The number of unbranched alkanes of at least 4 members (excludes halogenated alkanes) is 3. The second kappa shape index (κ2) is 15.9. The highest BCUT2D eigenvalue weighted by molar-refractivity contribution is 8.13. The maximum atomic E-state index is 4.91. The molecule has 0 amide bonds. The summed E-state index contributed by atoms with van der Waals surface area (Å²) in [6.07, 6.45) is 20.5. The summed E-state index contributed by atoms with van der Waals surface area (Å²) in [5.74, 6) is 2.47. The van der Waals surface area contributed by atoms with E-state index in [1.807, 2.05) is 18.8 Å². The van der Waals surface area contributed by atoms with E-state index in [1.54, 1.807) is 5.57 Å². The van der Waals surface area contributed by atoms with Crippen LogP contribution >= 0.6 is 11.8 Å². The Labute approximate surface area is 231 Å². The van der Waals surface area contributed by atoms with E-state index in [-0.39, 0.29) is 0 Å². The lowest BCUT2D eigenvalue weighted by Gasteiger charge is -2.37. The largest absolute Gasteiger partial charge is 0.392 e. The summed E-state index contributed by atoms with van der Waals surface area (Å²) in [7, 11) is 1.96. The van der Waals surface area contributed by atoms with Gasteiger partial charge in [0.05, 0.1) is 10.7 Å². The van der Waals surface area contributed by atoms with E-state index in [0.717, 1.165) is 30.0 Å². The van der Waals surface area contributed by atoms with Crippen LogP contribution in [0.5, 0.6) is 0 Å². The summed E-state index contributed by atoms with van der Waals surface area (Å²) in [6, 6.07) is 8.92. The number of nitrogens with zero attached hydrogens (tertiary/aromatic N) is 1. The predicted octanol–water partition coefficient (Wildman–Crippen LogP) is 9.02. The summed E-state index contributed by atoms with van der Waals surface area (Å²) in [6.45, 7) is 12.7. The zero-order valence-corrected chi connectivity index (χ0v) is 24.3. The molecule has 4 heteroatoms. The van der Waals surface area contributed by atoms with Crippen LogP contribution in [0, 0.1) is 18.8 Å². The summed E-state index contributed by atoms with van der Waals surface area (Å²) in [4.78, 5) is 4.91. The number of para-hydroxylation sites is 1. The second-order valence-corrected chi connectivity index (χ2v) is 12.1. The van der Waals surface area contributed by atoms with Gasteiger partial charge >= 0.3 is 0 Å². The minimum atomic E-state index is 0.514. The number of aryl methyl sites for hydroxylation is 1. The molecule has 3 rings (SSSR count). The second-order valence-electron chi connectivity index (χ2n) is 10.9. The Hall–Kier alpha value is -2.20. The lowest BCUT2D eigenvalue weighted by Crippen LogP contribution is -2.38. The van der Waals surface area contributed by atoms with Crippen molar-refractivity contribution < 1.29 is 0 Å². The molecule has 3 nitrogen and oxygen atoms in total. The van der Waals surface area contributed by atoms with Gasteiger partial charge in [0.25, 0.3) is 0 Å². The van der Waals surface area contributed by atoms with Gasteiger partial charge in [-0.3, -0.25) is 0 Å². The molecule has 0 radical (unpaired) electrons. The van der Waals surface area contributed by atoms with Crippen LogP contribution < -0.4 is 10.6 Å². The number of benzene rings is 1. The first-order valence-electron chi connectivity index (χ1n) is 14.3. The number of rotatable bonds is 14. The average molecular weight is 520 g/mol. The Morgan fingerprint density at radius 3 is 2.46 bits per heavy atom. The zero-order valence-electron chi connectivity index (χ0n) is 23.5. The maximum absolute atomic E-state index is 4.91. The molecule has 0 aliphatic heterocycles. The molecular formula is C33H49N3S. The molecule has 1 saturated carbocycles. The Kier molecular flexibility index (Phi) is 12.6. The molecule has 0 spiro atoms. The first-order valence-corrected chi connectivity index (χ1v) is 15.3. The van der Waals surface area contributed by atoms with Crippen LogP contribution in [0.4, 0.5) is 5.69 Å². The van der Waals surface area contributed by atoms with Crippen LogP contribution in [0.1, 0.15) is 83.1 Å². The zero-order chi connectivity index (χ0) is 26.5. The monoisotopic (exact) mass is 519 g/mol. The van der Waals surface area contributed by atoms with E-state index in [2.05, 4.69) is 80.1 Å². The molecule has 3 unspecified atom stereocenters. The quantitative estimate of drug-likeness (QED) is 0.146. The molecule has 1 fully saturated rings. The van der Waals surface area contributed by atoms with Gasteiger partial charge in [-0.25, -0.2) is 4.99 Å². The highest BCUT2D eigenvalue weighted by Gasteiger charge is 2.30. The number of hydrogen-bond donors (Lipinski definition) is 2. The smallest absolute Gasteiger partial charge is 0.0707 e. The minimum Gasteiger partial charge on any atom is -0.392 e. The van der Waals surface area contributed by atoms with E-state index in [1.165, 1.54) is 74.1 Å². The van der Waals surface area contributed by atoms with Gasteiger partial charge in [0, 0.05) is 30.2 Å². The molecule has 0 saturated heterocycles. The molecule has 2 N–H and O–H groups in total. The highest BCUT2D eigenvalue weighted by Crippen LogP contribution is 2.38. The lowest BCUT2D eigenvalue weighted by molar-refractivity contribution is 0.263. The van der Waals surface area contributed by atoms with E-state index < -0.39 is 0 Å². The third kappa shape index (κ3) is 10.6. The van der Waals surface area contributed by atoms with Gasteiger partial charge < -0.3 is 10.6 Å². The minimum absolute atomic E-state index is 0.514. The Balaban J connectivity index is 1.51. The van der Waals surface area contributed by atoms with Crippen LogP contribution in [0.3, 0.4) is 0 Å². The third-order valence-corrected chi connectivity index (χ3v) is 8.84. The van der Waals surface area contributed by atoms with Crippen molar-refractivity contribution in [3.8, 4) is 0 Å². The molecule has 2 aliphatic carbocycles. The fourth-order valence-corrected chi connectivity index (χ4v) is 6.46. The van der Waals surface area contributed by atoms with Gasteiger partial charge in [-0.2, -0.15) is 0 Å². The van der Waals surface area contributed by atoms with Crippen LogP contribution in [0.25, 0.3) is 0 Å². The first kappa shape index (κ1) is 29.4. The van der Waals surface area contributed by atoms with Crippen LogP contribution in [-0.4, -0.2) is 23.9 Å². The molecule has 3 atom stereocenters. The molecule has 0 heterocycles. The number of thioether (sulfide) groups is 1. The normalized spacial score (nSPS) is 21.9. The molecule has 2 aliphatic rings. The van der Waals surface area contributed by atoms with Crippen molar-refractivity contribution in [2.75, 3.05) is 12.8 Å². The van der Waals surface area contributed by atoms with Gasteiger partial charge in [0.15, 0.2) is 0 Å². The Morgan fingerprint density at radius 2 is 1.76 bits per heavy atom. The Bertz CT molecular complexity index is 974. The highest BCUT2D eigenvalue weighted by atomic mass is 32.2. The number of nitrogens with one attached hydrogen (secondary N) is 2. The SMILES string of the molecule is C=C(CCCCCCC(=C)NC1CC(CSC(C)=Nc2ccccc2C)CC(C2=CCCC=C2)C1)NC. The number of allylic oxidation sites excluding steroid dienone is 6. The first-order chi connectivity index (χ1) is 17.9. The molecule has 0 bridgehead atoms. The van der Waals surface area contributed by atoms with E-state index in [0.29, 0.717) is 17.9 Å². The van der Waals surface area contributed by atoms with Crippen molar-refractivity contribution >= 4 is 22.5 Å². The fourth-order valence-electron chi connectivity index (χ4n) is 5.54. The fraction of sp³-hybridized carbons (Fsp3) is 0.545. The molecule has 202 valence electrons. The molecule has 37 heavy (non-hydrogen) atoms. The van der Waals surface area contributed by atoms with Gasteiger partial charge in [-0.05, 0) is 101 Å². The Morgan fingerprint density at radius 1 is 1.00 bits per heavy atom. The van der Waals surface area contributed by atoms with Crippen LogP contribution in [-0.2, 0) is 0 Å². The summed E-state index contributed by atoms with van der Waals surface area (Å²) < 4.78 is 0. The molecule has 1 aromatic carbocycles. The van der Waals surface area contributed by atoms with Crippen molar-refractivity contribution in [3.05, 3.63) is 78.2 Å². The van der Waals surface area contributed by atoms with Gasteiger partial charge in [-0.1, -0.05) is 62.4 Å². The van der Waals surface area contributed by atoms with E-state index >= 15 is 0 Å². The van der Waals surface area contributed by atoms with Crippen molar-refractivity contribution in [1.29, 1.82) is 0 Å². The summed E-state index contributed by atoms with van der Waals surface area (Å²) in [5, 5.41) is 8.17. The van der Waals surface area contributed by atoms with E-state index in [9.17, 15) is 0 Å². The third-order valence-electron chi connectivity index (χ3n) is 7.69. The van der Waals surface area contributed by atoms with Gasteiger partial charge in [0.1, 0.15) is 0 Å². The summed E-state index contributed by atoms with van der Waals surface area (Å²) >= 11 is 1.93. The van der Waals surface area contributed by atoms with Crippen molar-refractivity contribution in [2.24, 2.45) is 16.8 Å². The number of aliphatic imine (C=N–C) groups is 1. The summed E-state index contributed by atoms with van der Waals surface area (Å²) in [5.41, 5.74) is 6.26. The topological polar surface area (TPSA) is 36.4 Å². The number of hydrogen-bond acceptors (Lipinski definition) is 4. The lowest BCUT2D eigenvalue weighted by atomic mass is 9.75.